The van der Waals surface area contributed by atoms with E-state index in [0.29, 0.717) is 12.6 Å². The maximum Gasteiger partial charge on any atom is 0.151 e. The van der Waals surface area contributed by atoms with Crippen molar-refractivity contribution in [3.63, 3.8) is 0 Å². The van der Waals surface area contributed by atoms with Crippen LogP contribution in [-0.4, -0.2) is 67.6 Å². The smallest absolute Gasteiger partial charge is 0.151 e. The molecule has 0 unspecified atom stereocenters. The van der Waals surface area contributed by atoms with Gasteiger partial charge in [-0.15, -0.1) is 0 Å². The van der Waals surface area contributed by atoms with Crippen molar-refractivity contribution in [3.05, 3.63) is 6.92 Å². The maximum absolute atomic E-state index is 10.8. The van der Waals surface area contributed by atoms with Gasteiger partial charge in [-0.25, -0.2) is 0 Å². The van der Waals surface area contributed by atoms with Crippen LogP contribution >= 0.6 is 0 Å². The molecule has 2 radical (unpaired) electrons. The number of carbonyl (C=O) groups is 1. The fraction of sp³-hybridized carbons (Fsp3) is 0.833. The fourth-order valence-corrected chi connectivity index (χ4v) is 2.61. The highest BCUT2D eigenvalue weighted by Crippen LogP contribution is 2.17. The predicted molar refractivity (Wildman–Crippen MR) is 61.2 cm³/mol. The van der Waals surface area contributed by atoms with Gasteiger partial charge in [-0.1, -0.05) is 0 Å². The predicted octanol–water partition coefficient (Wildman–Crippen LogP) is 0.0632. The standard InChI is InChI=1S/C12H20N2O2/c1-11(15)10-13-4-2-12(3-5-13)14-6-8-16-9-7-14/h1,12H,2-10H2. The van der Waals surface area contributed by atoms with Crippen LogP contribution in [0.15, 0.2) is 0 Å². The molecule has 16 heavy (non-hydrogen) atoms. The lowest BCUT2D eigenvalue weighted by Gasteiger charge is -2.39. The number of morpholine rings is 1. The first-order chi connectivity index (χ1) is 7.75. The van der Waals surface area contributed by atoms with E-state index in [1.165, 1.54) is 0 Å². The van der Waals surface area contributed by atoms with Gasteiger partial charge in [0.15, 0.2) is 5.78 Å². The summed E-state index contributed by atoms with van der Waals surface area (Å²) in [7, 11) is 0. The molecule has 2 heterocycles. The van der Waals surface area contributed by atoms with Crippen molar-refractivity contribution in [3.8, 4) is 0 Å². The van der Waals surface area contributed by atoms with Gasteiger partial charge in [-0.2, -0.15) is 0 Å². The lowest BCUT2D eigenvalue weighted by Crippen LogP contribution is -2.49. The van der Waals surface area contributed by atoms with Gasteiger partial charge < -0.3 is 4.74 Å². The molecule has 90 valence electrons. The number of hydrogen-bond donors (Lipinski definition) is 0. The number of Topliss-reactive ketones (excluding diaryl/α,β-unsaturated/α-hetero) is 1. The second kappa shape index (κ2) is 5.75. The van der Waals surface area contributed by atoms with Gasteiger partial charge in [0.05, 0.1) is 19.8 Å². The molecule has 4 heteroatoms. The van der Waals surface area contributed by atoms with Gasteiger partial charge in [0.25, 0.3) is 0 Å². The molecule has 0 N–H and O–H groups in total. The largest absolute Gasteiger partial charge is 0.379 e. The van der Waals surface area contributed by atoms with Gasteiger partial charge in [-0.05, 0) is 12.8 Å². The lowest BCUT2D eigenvalue weighted by atomic mass is 10.0. The normalized spacial score (nSPS) is 25.8. The van der Waals surface area contributed by atoms with Crippen LogP contribution in [0.1, 0.15) is 12.8 Å². The number of likely N-dealkylation sites (tertiary alicyclic amines) is 1. The van der Waals surface area contributed by atoms with Crippen LogP contribution in [0.3, 0.4) is 0 Å². The number of rotatable bonds is 3. The molecule has 2 rings (SSSR count). The zero-order valence-corrected chi connectivity index (χ0v) is 9.73. The molecule has 0 bridgehead atoms. The Hall–Kier alpha value is -0.450. The van der Waals surface area contributed by atoms with Gasteiger partial charge in [0, 0.05) is 39.1 Å². The van der Waals surface area contributed by atoms with Crippen LogP contribution < -0.4 is 0 Å². The minimum absolute atomic E-state index is 0.218. The summed E-state index contributed by atoms with van der Waals surface area (Å²) in [5, 5.41) is 0. The summed E-state index contributed by atoms with van der Waals surface area (Å²) in [6, 6.07) is 0.674. The van der Waals surface area contributed by atoms with Crippen LogP contribution in [0.2, 0.25) is 0 Å². The molecule has 2 aliphatic heterocycles. The number of carbonyl (C=O) groups excluding carboxylic acids is 1. The third-order valence-electron chi connectivity index (χ3n) is 3.50. The third-order valence-corrected chi connectivity index (χ3v) is 3.50. The Kier molecular flexibility index (Phi) is 4.32. The van der Waals surface area contributed by atoms with Gasteiger partial charge in [-0.3, -0.25) is 14.6 Å². The number of ketones is 1. The second-order valence-corrected chi connectivity index (χ2v) is 4.62. The average molecular weight is 224 g/mol. The average Bonchev–Trinajstić information content (AvgIpc) is 2.30. The summed E-state index contributed by atoms with van der Waals surface area (Å²) in [6.45, 7) is 11.4. The zero-order valence-electron chi connectivity index (χ0n) is 9.73. The molecule has 0 spiro atoms. The number of hydrogen-bond acceptors (Lipinski definition) is 4. The van der Waals surface area contributed by atoms with Crippen LogP contribution in [0, 0.1) is 6.92 Å². The molecule has 0 amide bonds. The Labute approximate surface area is 97.5 Å². The van der Waals surface area contributed by atoms with Crippen molar-refractivity contribution in [2.75, 3.05) is 45.9 Å². The Morgan fingerprint density at radius 2 is 1.81 bits per heavy atom. The minimum Gasteiger partial charge on any atom is -0.379 e. The molecule has 2 fully saturated rings. The Bertz CT molecular complexity index is 231. The van der Waals surface area contributed by atoms with Crippen molar-refractivity contribution in [2.45, 2.75) is 18.9 Å². The third kappa shape index (κ3) is 3.27. The van der Waals surface area contributed by atoms with E-state index in [0.717, 1.165) is 52.2 Å². The number of piperidine rings is 1. The van der Waals surface area contributed by atoms with E-state index < -0.39 is 0 Å². The summed E-state index contributed by atoms with van der Waals surface area (Å²) in [5.74, 6) is -0.218. The van der Waals surface area contributed by atoms with Crippen LogP contribution in [0.5, 0.6) is 0 Å². The number of ether oxygens (including phenoxy) is 1. The highest BCUT2D eigenvalue weighted by Gasteiger charge is 2.25. The zero-order chi connectivity index (χ0) is 11.4. The topological polar surface area (TPSA) is 32.8 Å². The molecule has 0 aromatic carbocycles. The first-order valence-electron chi connectivity index (χ1n) is 6.08. The summed E-state index contributed by atoms with van der Waals surface area (Å²) in [6.07, 6.45) is 2.29. The van der Waals surface area contributed by atoms with E-state index in [1.807, 2.05) is 0 Å². The van der Waals surface area contributed by atoms with Crippen molar-refractivity contribution in [1.29, 1.82) is 0 Å². The van der Waals surface area contributed by atoms with Crippen LogP contribution in [0.25, 0.3) is 0 Å². The number of nitrogens with zero attached hydrogens (tertiary/aromatic N) is 2. The Morgan fingerprint density at radius 1 is 1.19 bits per heavy atom. The Balaban J connectivity index is 1.73. The quantitative estimate of drug-likeness (QED) is 0.679. The molecule has 0 aliphatic carbocycles. The summed E-state index contributed by atoms with van der Waals surface area (Å²) in [4.78, 5) is 15.5. The van der Waals surface area contributed by atoms with Crippen molar-refractivity contribution < 1.29 is 9.53 Å². The van der Waals surface area contributed by atoms with Gasteiger partial charge >= 0.3 is 0 Å². The first kappa shape index (κ1) is 12.0. The molecule has 0 saturated carbocycles. The van der Waals surface area contributed by atoms with Crippen molar-refractivity contribution >= 4 is 5.78 Å². The highest BCUT2D eigenvalue weighted by atomic mass is 16.5. The van der Waals surface area contributed by atoms with Crippen molar-refractivity contribution in [2.24, 2.45) is 0 Å². The fourth-order valence-electron chi connectivity index (χ4n) is 2.61. The molecular formula is C12H20N2O2. The summed E-state index contributed by atoms with van der Waals surface area (Å²) >= 11 is 0. The minimum atomic E-state index is -0.218. The van der Waals surface area contributed by atoms with Crippen LogP contribution in [0.4, 0.5) is 0 Å². The van der Waals surface area contributed by atoms with E-state index in [9.17, 15) is 4.79 Å². The molecule has 0 aromatic rings. The molecule has 2 aliphatic rings. The highest BCUT2D eigenvalue weighted by molar-refractivity contribution is 5.84. The Morgan fingerprint density at radius 3 is 2.38 bits per heavy atom. The van der Waals surface area contributed by atoms with Crippen molar-refractivity contribution in [1.82, 2.24) is 9.80 Å². The lowest BCUT2D eigenvalue weighted by molar-refractivity contribution is -0.116. The molecule has 0 aromatic heterocycles. The molecule has 4 nitrogen and oxygen atoms in total. The SMILES string of the molecule is [CH]C(=O)CN1CCC(N2CCOCC2)CC1. The van der Waals surface area contributed by atoms with E-state index in [2.05, 4.69) is 9.80 Å². The van der Waals surface area contributed by atoms with E-state index in [4.69, 9.17) is 11.7 Å². The molecule has 2 saturated heterocycles. The second-order valence-electron chi connectivity index (χ2n) is 4.62. The van der Waals surface area contributed by atoms with E-state index in [1.54, 1.807) is 0 Å². The maximum atomic E-state index is 10.8. The van der Waals surface area contributed by atoms with Gasteiger partial charge in [0.1, 0.15) is 0 Å². The summed E-state index contributed by atoms with van der Waals surface area (Å²) < 4.78 is 5.35. The molecular weight excluding hydrogens is 204 g/mol. The molecule has 0 atom stereocenters. The monoisotopic (exact) mass is 224 g/mol. The first-order valence-corrected chi connectivity index (χ1v) is 6.08. The van der Waals surface area contributed by atoms with Crippen LogP contribution in [-0.2, 0) is 9.53 Å². The van der Waals surface area contributed by atoms with E-state index >= 15 is 0 Å². The summed E-state index contributed by atoms with van der Waals surface area (Å²) in [5.41, 5.74) is 0. The van der Waals surface area contributed by atoms with E-state index in [-0.39, 0.29) is 5.78 Å². The van der Waals surface area contributed by atoms with Gasteiger partial charge in [0.2, 0.25) is 0 Å².